The molecule has 1 atom stereocenters. The first-order chi connectivity index (χ1) is 13.8. The van der Waals surface area contributed by atoms with E-state index in [0.29, 0.717) is 10.5 Å². The molecule has 2 amide bonds. The Labute approximate surface area is 175 Å². The molecule has 0 N–H and O–H groups in total. The minimum Gasteiger partial charge on any atom is -0.545 e. The highest BCUT2D eigenvalue weighted by Crippen LogP contribution is 2.41. The van der Waals surface area contributed by atoms with Crippen molar-refractivity contribution in [2.24, 2.45) is 0 Å². The second-order valence-corrected chi connectivity index (χ2v) is 8.79. The van der Waals surface area contributed by atoms with Gasteiger partial charge in [-0.15, -0.1) is 23.1 Å². The maximum atomic E-state index is 13.0. The summed E-state index contributed by atoms with van der Waals surface area (Å²) in [7, 11) is 0. The molecular formula is C20H18NO6S2-. The highest BCUT2D eigenvalue weighted by molar-refractivity contribution is 8.00. The van der Waals surface area contributed by atoms with Gasteiger partial charge in [-0.3, -0.25) is 9.59 Å². The maximum absolute atomic E-state index is 13.0. The Hall–Kier alpha value is -2.65. The van der Waals surface area contributed by atoms with Crippen molar-refractivity contribution >= 4 is 51.9 Å². The van der Waals surface area contributed by atoms with Gasteiger partial charge in [0, 0.05) is 21.8 Å². The number of carboxylic acids is 1. The molecule has 2 heterocycles. The van der Waals surface area contributed by atoms with Gasteiger partial charge in [-0.05, 0) is 32.4 Å². The zero-order chi connectivity index (χ0) is 21.3. The van der Waals surface area contributed by atoms with Crippen molar-refractivity contribution in [3.63, 3.8) is 0 Å². The molecule has 7 nitrogen and oxygen atoms in total. The number of carbonyl (C=O) groups excluding carboxylic acids is 4. The molecule has 1 saturated heterocycles. The highest BCUT2D eigenvalue weighted by atomic mass is 32.2. The number of benzene rings is 1. The summed E-state index contributed by atoms with van der Waals surface area (Å²) >= 11 is 2.19. The fraction of sp³-hybridized carbons (Fsp3) is 0.300. The fourth-order valence-electron chi connectivity index (χ4n) is 3.01. The van der Waals surface area contributed by atoms with Crippen molar-refractivity contribution < 1.29 is 29.0 Å². The Balaban J connectivity index is 1.94. The Morgan fingerprint density at radius 2 is 1.97 bits per heavy atom. The second-order valence-electron chi connectivity index (χ2n) is 6.35. The number of hydrogen-bond acceptors (Lipinski definition) is 8. The molecule has 0 radical (unpaired) electrons. The van der Waals surface area contributed by atoms with E-state index >= 15 is 0 Å². The highest BCUT2D eigenvalue weighted by Gasteiger charge is 2.43. The molecule has 3 rings (SSSR count). The molecule has 152 valence electrons. The third-order valence-corrected chi connectivity index (χ3v) is 6.99. The third-order valence-electron chi connectivity index (χ3n) is 4.53. The SMILES string of the molecule is CCOC(=O)c1c(N2C(=O)C[C@@H](Sc3ccccc3C(=O)[O-])C2=O)sc(C)c1C. The second kappa shape index (κ2) is 8.38. The van der Waals surface area contributed by atoms with Gasteiger partial charge in [0.25, 0.3) is 0 Å². The van der Waals surface area contributed by atoms with Gasteiger partial charge in [-0.25, -0.2) is 9.69 Å². The van der Waals surface area contributed by atoms with Crippen LogP contribution in [-0.4, -0.2) is 35.6 Å². The molecule has 1 fully saturated rings. The summed E-state index contributed by atoms with van der Waals surface area (Å²) in [5.41, 5.74) is 0.852. The van der Waals surface area contributed by atoms with Gasteiger partial charge in [-0.2, -0.15) is 0 Å². The summed E-state index contributed by atoms with van der Waals surface area (Å²) in [6.45, 7) is 5.40. The Bertz CT molecular complexity index is 1010. The Morgan fingerprint density at radius 1 is 1.28 bits per heavy atom. The lowest BCUT2D eigenvalue weighted by Gasteiger charge is -2.16. The average molecular weight is 432 g/mol. The molecular weight excluding hydrogens is 414 g/mol. The molecule has 0 unspecified atom stereocenters. The number of amides is 2. The van der Waals surface area contributed by atoms with Crippen LogP contribution in [0, 0.1) is 13.8 Å². The first-order valence-corrected chi connectivity index (χ1v) is 10.6. The van der Waals surface area contributed by atoms with E-state index in [4.69, 9.17) is 4.74 Å². The van der Waals surface area contributed by atoms with Crippen molar-refractivity contribution in [1.82, 2.24) is 0 Å². The number of thiophene rings is 1. The molecule has 0 spiro atoms. The van der Waals surface area contributed by atoms with E-state index in [1.54, 1.807) is 39.0 Å². The van der Waals surface area contributed by atoms with Gasteiger partial charge in [0.05, 0.1) is 23.4 Å². The quantitative estimate of drug-likeness (QED) is 0.510. The lowest BCUT2D eigenvalue weighted by molar-refractivity contribution is -0.255. The van der Waals surface area contributed by atoms with E-state index in [1.807, 2.05) is 0 Å². The molecule has 2 aromatic rings. The van der Waals surface area contributed by atoms with Crippen LogP contribution < -0.4 is 10.0 Å². The van der Waals surface area contributed by atoms with E-state index in [0.717, 1.165) is 21.5 Å². The van der Waals surface area contributed by atoms with Crippen molar-refractivity contribution in [3.8, 4) is 0 Å². The minimum absolute atomic E-state index is 0.0359. The first kappa shape index (κ1) is 21.1. The minimum atomic E-state index is -1.35. The number of ether oxygens (including phenoxy) is 1. The number of rotatable bonds is 6. The summed E-state index contributed by atoms with van der Waals surface area (Å²) in [6, 6.07) is 6.17. The number of aryl methyl sites for hydroxylation is 1. The van der Waals surface area contributed by atoms with Gasteiger partial charge < -0.3 is 14.6 Å². The van der Waals surface area contributed by atoms with Crippen LogP contribution in [0.4, 0.5) is 5.00 Å². The number of anilines is 1. The normalized spacial score (nSPS) is 16.4. The predicted octanol–water partition coefficient (Wildman–Crippen LogP) is 2.33. The molecule has 1 aliphatic rings. The Kier molecular flexibility index (Phi) is 6.09. The van der Waals surface area contributed by atoms with E-state index < -0.39 is 29.0 Å². The van der Waals surface area contributed by atoms with Crippen LogP contribution in [-0.2, 0) is 14.3 Å². The zero-order valence-corrected chi connectivity index (χ0v) is 17.6. The summed E-state index contributed by atoms with van der Waals surface area (Å²) in [5, 5.41) is 10.8. The number of esters is 1. The number of thioether (sulfide) groups is 1. The van der Waals surface area contributed by atoms with Gasteiger partial charge in [0.1, 0.15) is 5.00 Å². The van der Waals surface area contributed by atoms with Gasteiger partial charge in [0.2, 0.25) is 11.8 Å². The summed E-state index contributed by atoms with van der Waals surface area (Å²) in [5.74, 6) is -2.86. The van der Waals surface area contributed by atoms with E-state index in [2.05, 4.69) is 0 Å². The van der Waals surface area contributed by atoms with Crippen LogP contribution in [0.1, 0.15) is 44.5 Å². The number of imide groups is 1. The predicted molar refractivity (Wildman–Crippen MR) is 107 cm³/mol. The maximum Gasteiger partial charge on any atom is 0.341 e. The molecule has 0 bridgehead atoms. The number of aromatic carboxylic acids is 1. The molecule has 1 aromatic carbocycles. The largest absolute Gasteiger partial charge is 0.545 e. The van der Waals surface area contributed by atoms with E-state index in [1.165, 1.54) is 17.4 Å². The van der Waals surface area contributed by atoms with Crippen LogP contribution in [0.15, 0.2) is 29.2 Å². The number of hydrogen-bond donors (Lipinski definition) is 0. The van der Waals surface area contributed by atoms with Crippen LogP contribution in [0.25, 0.3) is 0 Å². The number of carbonyl (C=O) groups is 4. The summed E-state index contributed by atoms with van der Waals surface area (Å²) in [4.78, 5) is 51.6. The standard InChI is InChI=1S/C20H19NO6S2/c1-4-27-20(26)16-10(2)11(3)28-18(16)21-15(22)9-14(17(21)23)29-13-8-6-5-7-12(13)19(24)25/h5-8,14H,4,9H2,1-3H3,(H,24,25)/p-1/t14-/m1/s1. The molecule has 0 saturated carbocycles. The van der Waals surface area contributed by atoms with Crippen LogP contribution >= 0.6 is 23.1 Å². The molecule has 1 aliphatic heterocycles. The molecule has 29 heavy (non-hydrogen) atoms. The average Bonchev–Trinajstić information content (AvgIpc) is 3.10. The Morgan fingerprint density at radius 3 is 2.62 bits per heavy atom. The third kappa shape index (κ3) is 3.92. The monoisotopic (exact) mass is 432 g/mol. The van der Waals surface area contributed by atoms with Gasteiger partial charge in [0.15, 0.2) is 0 Å². The molecule has 9 heteroatoms. The van der Waals surface area contributed by atoms with Crippen molar-refractivity contribution in [2.75, 3.05) is 11.5 Å². The molecule has 1 aromatic heterocycles. The lowest BCUT2D eigenvalue weighted by Crippen LogP contribution is -2.32. The van der Waals surface area contributed by atoms with Crippen molar-refractivity contribution in [2.45, 2.75) is 37.3 Å². The van der Waals surface area contributed by atoms with Crippen molar-refractivity contribution in [3.05, 3.63) is 45.8 Å². The smallest absolute Gasteiger partial charge is 0.341 e. The number of carboxylic acid groups (broad SMARTS) is 1. The summed E-state index contributed by atoms with van der Waals surface area (Å²) in [6.07, 6.45) is -0.0941. The molecule has 0 aliphatic carbocycles. The van der Waals surface area contributed by atoms with Crippen LogP contribution in [0.5, 0.6) is 0 Å². The van der Waals surface area contributed by atoms with Crippen LogP contribution in [0.3, 0.4) is 0 Å². The van der Waals surface area contributed by atoms with E-state index in [-0.39, 0.29) is 29.2 Å². The van der Waals surface area contributed by atoms with Crippen molar-refractivity contribution in [1.29, 1.82) is 0 Å². The topological polar surface area (TPSA) is 104 Å². The number of nitrogens with zero attached hydrogens (tertiary/aromatic N) is 1. The van der Waals surface area contributed by atoms with E-state index in [9.17, 15) is 24.3 Å². The van der Waals surface area contributed by atoms with Crippen LogP contribution in [0.2, 0.25) is 0 Å². The van der Waals surface area contributed by atoms with Gasteiger partial charge in [-0.1, -0.05) is 18.2 Å². The zero-order valence-electron chi connectivity index (χ0n) is 16.0. The fourth-order valence-corrected chi connectivity index (χ4v) is 5.35. The lowest BCUT2D eigenvalue weighted by atomic mass is 10.1. The first-order valence-electron chi connectivity index (χ1n) is 8.87. The summed E-state index contributed by atoms with van der Waals surface area (Å²) < 4.78 is 5.10. The van der Waals surface area contributed by atoms with Gasteiger partial charge >= 0.3 is 5.97 Å².